The van der Waals surface area contributed by atoms with Crippen LogP contribution in [0.2, 0.25) is 18.1 Å². The molecule has 0 aromatic heterocycles. The molecule has 5 heteroatoms. The summed E-state index contributed by atoms with van der Waals surface area (Å²) < 4.78 is 12.4. The number of ether oxygens (including phenoxy) is 1. The van der Waals surface area contributed by atoms with Crippen LogP contribution in [-0.2, 0) is 20.1 Å². The second-order valence-electron chi connectivity index (χ2n) is 9.85. The van der Waals surface area contributed by atoms with Crippen LogP contribution in [0.1, 0.15) is 53.5 Å². The van der Waals surface area contributed by atoms with Gasteiger partial charge in [-0.3, -0.25) is 0 Å². The van der Waals surface area contributed by atoms with E-state index in [1.807, 2.05) is 0 Å². The average Bonchev–Trinajstić information content (AvgIpc) is 2.70. The van der Waals surface area contributed by atoms with Crippen LogP contribution in [0, 0.1) is 5.41 Å². The SMILES string of the molecule is CC(C)(C)C12OCCC1(c1ccc(O[Si](C)(C)C(C)(C)C)cc1)OO2. The molecule has 2 aliphatic rings. The number of fused-ring (bicyclic) bond motifs is 1. The van der Waals surface area contributed by atoms with Crippen LogP contribution >= 0.6 is 0 Å². The first-order valence-electron chi connectivity index (χ1n) is 9.15. The highest BCUT2D eigenvalue weighted by molar-refractivity contribution is 6.74. The van der Waals surface area contributed by atoms with Gasteiger partial charge in [0.15, 0.2) is 5.60 Å². The summed E-state index contributed by atoms with van der Waals surface area (Å²) in [5.74, 6) is 0.203. The van der Waals surface area contributed by atoms with Gasteiger partial charge < -0.3 is 9.16 Å². The molecule has 140 valence electrons. The Bertz CT molecular complexity index is 641. The second-order valence-corrected chi connectivity index (χ2v) is 14.6. The Morgan fingerprint density at radius 1 is 0.960 bits per heavy atom. The van der Waals surface area contributed by atoms with Crippen molar-refractivity contribution in [3.8, 4) is 5.75 Å². The summed E-state index contributed by atoms with van der Waals surface area (Å²) in [5, 5.41) is 0.177. The van der Waals surface area contributed by atoms with Crippen molar-refractivity contribution >= 4 is 8.32 Å². The zero-order valence-electron chi connectivity index (χ0n) is 16.9. The van der Waals surface area contributed by atoms with Crippen molar-refractivity contribution in [2.45, 2.75) is 77.5 Å². The molecule has 1 aromatic carbocycles. The fourth-order valence-corrected chi connectivity index (χ4v) is 4.50. The van der Waals surface area contributed by atoms with Gasteiger partial charge in [-0.1, -0.05) is 53.7 Å². The van der Waals surface area contributed by atoms with E-state index in [9.17, 15) is 0 Å². The highest BCUT2D eigenvalue weighted by Crippen LogP contribution is 2.62. The van der Waals surface area contributed by atoms with Gasteiger partial charge in [0.2, 0.25) is 14.1 Å². The van der Waals surface area contributed by atoms with E-state index in [0.717, 1.165) is 17.7 Å². The highest BCUT2D eigenvalue weighted by Gasteiger charge is 2.74. The molecule has 2 aliphatic heterocycles. The molecule has 1 aromatic rings. The van der Waals surface area contributed by atoms with E-state index in [1.54, 1.807) is 0 Å². The molecule has 0 bridgehead atoms. The number of benzene rings is 1. The van der Waals surface area contributed by atoms with Gasteiger partial charge in [-0.2, -0.15) is 4.89 Å². The van der Waals surface area contributed by atoms with E-state index in [1.165, 1.54) is 0 Å². The summed E-state index contributed by atoms with van der Waals surface area (Å²) in [6.07, 6.45) is 0.798. The van der Waals surface area contributed by atoms with E-state index in [0.29, 0.717) is 6.61 Å². The summed E-state index contributed by atoms with van der Waals surface area (Å²) in [4.78, 5) is 11.3. The Morgan fingerprint density at radius 3 is 2.00 bits per heavy atom. The van der Waals surface area contributed by atoms with Crippen LogP contribution in [0.4, 0.5) is 0 Å². The molecule has 0 radical (unpaired) electrons. The Hall–Kier alpha value is -0.883. The molecule has 2 unspecified atom stereocenters. The van der Waals surface area contributed by atoms with E-state index in [2.05, 4.69) is 78.9 Å². The zero-order valence-corrected chi connectivity index (χ0v) is 17.9. The van der Waals surface area contributed by atoms with Crippen LogP contribution in [-0.4, -0.2) is 20.7 Å². The molecule has 25 heavy (non-hydrogen) atoms. The van der Waals surface area contributed by atoms with Crippen molar-refractivity contribution in [1.82, 2.24) is 0 Å². The molecule has 0 saturated carbocycles. The predicted octanol–water partition coefficient (Wildman–Crippen LogP) is 5.39. The quantitative estimate of drug-likeness (QED) is 0.532. The van der Waals surface area contributed by atoms with Crippen LogP contribution in [0.25, 0.3) is 0 Å². The van der Waals surface area contributed by atoms with E-state index in [-0.39, 0.29) is 10.5 Å². The van der Waals surface area contributed by atoms with Gasteiger partial charge >= 0.3 is 0 Å². The largest absolute Gasteiger partial charge is 0.544 e. The molecule has 0 spiro atoms. The monoisotopic (exact) mass is 364 g/mol. The molecule has 0 amide bonds. The van der Waals surface area contributed by atoms with Gasteiger partial charge in [0.25, 0.3) is 0 Å². The van der Waals surface area contributed by atoms with Crippen molar-refractivity contribution in [1.29, 1.82) is 0 Å². The normalized spacial score (nSPS) is 29.9. The van der Waals surface area contributed by atoms with Crippen LogP contribution in [0.15, 0.2) is 24.3 Å². The Balaban J connectivity index is 1.87. The number of hydrogen-bond acceptors (Lipinski definition) is 4. The lowest BCUT2D eigenvalue weighted by Gasteiger charge is -2.56. The molecule has 4 nitrogen and oxygen atoms in total. The molecule has 2 fully saturated rings. The lowest BCUT2D eigenvalue weighted by Crippen LogP contribution is -2.68. The second kappa shape index (κ2) is 5.56. The van der Waals surface area contributed by atoms with Gasteiger partial charge in [0.05, 0.1) is 6.61 Å². The first-order chi connectivity index (χ1) is 11.3. The third kappa shape index (κ3) is 2.67. The molecular formula is C20H32O4Si. The first kappa shape index (κ1) is 18.9. The minimum Gasteiger partial charge on any atom is -0.544 e. The third-order valence-electron chi connectivity index (χ3n) is 6.08. The summed E-state index contributed by atoms with van der Waals surface area (Å²) in [5.41, 5.74) is 0.382. The first-order valence-corrected chi connectivity index (χ1v) is 12.1. The summed E-state index contributed by atoms with van der Waals surface area (Å²) >= 11 is 0. The van der Waals surface area contributed by atoms with E-state index < -0.39 is 19.7 Å². The maximum atomic E-state index is 6.39. The van der Waals surface area contributed by atoms with Crippen LogP contribution in [0.3, 0.4) is 0 Å². The Morgan fingerprint density at radius 2 is 1.56 bits per heavy atom. The lowest BCUT2D eigenvalue weighted by molar-refractivity contribution is -0.619. The van der Waals surface area contributed by atoms with E-state index in [4.69, 9.17) is 18.9 Å². The van der Waals surface area contributed by atoms with E-state index >= 15 is 0 Å². The van der Waals surface area contributed by atoms with Gasteiger partial charge in [-0.25, -0.2) is 4.89 Å². The molecule has 2 heterocycles. The van der Waals surface area contributed by atoms with Crippen molar-refractivity contribution in [2.75, 3.05) is 6.61 Å². The lowest BCUT2D eigenvalue weighted by atomic mass is 9.70. The average molecular weight is 365 g/mol. The topological polar surface area (TPSA) is 36.9 Å². The Kier molecular flexibility index (Phi) is 4.20. The predicted molar refractivity (Wildman–Crippen MR) is 101 cm³/mol. The van der Waals surface area contributed by atoms with Crippen molar-refractivity contribution in [2.24, 2.45) is 5.41 Å². The summed E-state index contributed by atoms with van der Waals surface area (Å²) in [6, 6.07) is 8.30. The fourth-order valence-electron chi connectivity index (χ4n) is 3.47. The van der Waals surface area contributed by atoms with Gasteiger partial charge in [-0.15, -0.1) is 0 Å². The molecule has 2 saturated heterocycles. The summed E-state index contributed by atoms with van der Waals surface area (Å²) in [6.45, 7) is 18.3. The smallest absolute Gasteiger partial charge is 0.250 e. The summed E-state index contributed by atoms with van der Waals surface area (Å²) in [7, 11) is -1.84. The maximum absolute atomic E-state index is 6.39. The number of rotatable bonds is 3. The third-order valence-corrected chi connectivity index (χ3v) is 10.4. The molecule has 2 atom stereocenters. The van der Waals surface area contributed by atoms with Crippen LogP contribution in [0.5, 0.6) is 5.75 Å². The van der Waals surface area contributed by atoms with Crippen LogP contribution < -0.4 is 4.43 Å². The van der Waals surface area contributed by atoms with Crippen molar-refractivity contribution in [3.63, 3.8) is 0 Å². The standard InChI is InChI=1S/C20H32O4Si/c1-17(2,3)20-19(23-24-20,13-14-21-20)15-9-11-16(12-10-15)22-25(7,8)18(4,5)6/h9-12H,13-14H2,1-8H3. The minimum absolute atomic E-state index is 0.177. The molecule has 0 N–H and O–H groups in total. The molecular weight excluding hydrogens is 332 g/mol. The van der Waals surface area contributed by atoms with Gasteiger partial charge in [0, 0.05) is 11.8 Å². The molecule has 3 rings (SSSR count). The van der Waals surface area contributed by atoms with Crippen molar-refractivity contribution in [3.05, 3.63) is 29.8 Å². The zero-order chi connectivity index (χ0) is 18.7. The fraction of sp³-hybridized carbons (Fsp3) is 0.700. The Labute approximate surface area is 152 Å². The van der Waals surface area contributed by atoms with Gasteiger partial charge in [-0.05, 0) is 35.8 Å². The van der Waals surface area contributed by atoms with Crippen molar-refractivity contribution < 1.29 is 18.9 Å². The number of hydrogen-bond donors (Lipinski definition) is 0. The highest BCUT2D eigenvalue weighted by atomic mass is 28.4. The minimum atomic E-state index is -1.84. The molecule has 0 aliphatic carbocycles. The van der Waals surface area contributed by atoms with Gasteiger partial charge in [0.1, 0.15) is 5.75 Å². The maximum Gasteiger partial charge on any atom is 0.250 e.